The predicted octanol–water partition coefficient (Wildman–Crippen LogP) is 1.99. The van der Waals surface area contributed by atoms with Crippen LogP contribution in [-0.4, -0.2) is 17.0 Å². The molecule has 0 spiro atoms. The summed E-state index contributed by atoms with van der Waals surface area (Å²) in [6, 6.07) is 0. The fourth-order valence-corrected chi connectivity index (χ4v) is 2.40. The second-order valence-electron chi connectivity index (χ2n) is 2.55. The highest BCUT2D eigenvalue weighted by atomic mass is 32.1. The lowest BCUT2D eigenvalue weighted by Crippen LogP contribution is -2.04. The Morgan fingerprint density at radius 3 is 3.08 bits per heavy atom. The molecule has 3 nitrogen and oxygen atoms in total. The summed E-state index contributed by atoms with van der Waals surface area (Å²) in [5.74, 6) is 0. The summed E-state index contributed by atoms with van der Waals surface area (Å²) in [5, 5.41) is 8.15. The van der Waals surface area contributed by atoms with Crippen LogP contribution in [0.25, 0.3) is 10.7 Å². The van der Waals surface area contributed by atoms with Gasteiger partial charge < -0.3 is 5.32 Å². The van der Waals surface area contributed by atoms with E-state index < -0.39 is 0 Å². The molecule has 1 N–H and O–H groups in total. The maximum atomic E-state index is 4.44. The van der Waals surface area contributed by atoms with Gasteiger partial charge in [-0.05, 0) is 7.05 Å². The number of hydrogen-bond donors (Lipinski definition) is 1. The van der Waals surface area contributed by atoms with E-state index in [2.05, 4.69) is 20.7 Å². The number of nitrogens with one attached hydrogen (secondary N) is 1. The summed E-state index contributed by atoms with van der Waals surface area (Å²) in [7, 11) is 1.92. The minimum Gasteiger partial charge on any atom is -0.314 e. The monoisotopic (exact) mass is 211 g/mol. The molecule has 13 heavy (non-hydrogen) atoms. The quantitative estimate of drug-likeness (QED) is 0.843. The summed E-state index contributed by atoms with van der Waals surface area (Å²) >= 11 is 3.24. The highest BCUT2D eigenvalue weighted by Gasteiger charge is 2.04. The van der Waals surface area contributed by atoms with E-state index in [9.17, 15) is 0 Å². The van der Waals surface area contributed by atoms with Crippen molar-refractivity contribution in [2.24, 2.45) is 0 Å². The van der Waals surface area contributed by atoms with Crippen LogP contribution in [0.15, 0.2) is 16.3 Å². The first kappa shape index (κ1) is 8.80. The topological polar surface area (TPSA) is 37.8 Å². The van der Waals surface area contributed by atoms with Gasteiger partial charge in [0.2, 0.25) is 0 Å². The van der Waals surface area contributed by atoms with E-state index in [1.165, 1.54) is 0 Å². The predicted molar refractivity (Wildman–Crippen MR) is 56.0 cm³/mol. The SMILES string of the molecule is CNCc1csc(-c2cscn2)n1. The molecule has 0 fully saturated rings. The zero-order chi connectivity index (χ0) is 9.10. The Hall–Kier alpha value is -0.780. The van der Waals surface area contributed by atoms with Gasteiger partial charge in [0.25, 0.3) is 0 Å². The van der Waals surface area contributed by atoms with E-state index in [1.807, 2.05) is 17.9 Å². The molecule has 2 heterocycles. The third-order valence-corrected chi connectivity index (χ3v) is 3.06. The second-order valence-corrected chi connectivity index (χ2v) is 4.12. The average Bonchev–Trinajstić information content (AvgIpc) is 2.70. The minimum atomic E-state index is 0.820. The van der Waals surface area contributed by atoms with Crippen LogP contribution in [-0.2, 0) is 6.54 Å². The summed E-state index contributed by atoms with van der Waals surface area (Å²) in [6.07, 6.45) is 0. The minimum absolute atomic E-state index is 0.820. The zero-order valence-electron chi connectivity index (χ0n) is 7.15. The second kappa shape index (κ2) is 3.95. The number of aromatic nitrogens is 2. The van der Waals surface area contributed by atoms with Crippen molar-refractivity contribution >= 4 is 22.7 Å². The van der Waals surface area contributed by atoms with Gasteiger partial charge in [-0.3, -0.25) is 0 Å². The standard InChI is InChI=1S/C8H9N3S2/c1-9-2-6-3-13-8(11-6)7-4-12-5-10-7/h3-5,9H,2H2,1H3. The van der Waals surface area contributed by atoms with E-state index in [0.717, 1.165) is 22.9 Å². The normalized spacial score (nSPS) is 10.5. The maximum absolute atomic E-state index is 4.44. The lowest BCUT2D eigenvalue weighted by Gasteiger charge is -1.90. The van der Waals surface area contributed by atoms with Crippen molar-refractivity contribution in [1.29, 1.82) is 0 Å². The Balaban J connectivity index is 2.23. The van der Waals surface area contributed by atoms with Gasteiger partial charge in [-0.1, -0.05) is 0 Å². The van der Waals surface area contributed by atoms with Gasteiger partial charge in [-0.2, -0.15) is 0 Å². The van der Waals surface area contributed by atoms with Crippen LogP contribution >= 0.6 is 22.7 Å². The van der Waals surface area contributed by atoms with Gasteiger partial charge in [0, 0.05) is 17.3 Å². The van der Waals surface area contributed by atoms with Crippen LogP contribution in [0, 0.1) is 0 Å². The average molecular weight is 211 g/mol. The van der Waals surface area contributed by atoms with Crippen molar-refractivity contribution in [3.05, 3.63) is 22.0 Å². The molecule has 5 heteroatoms. The molecule has 0 atom stereocenters. The lowest BCUT2D eigenvalue weighted by molar-refractivity contribution is 0.798. The molecule has 0 radical (unpaired) electrons. The van der Waals surface area contributed by atoms with Crippen molar-refractivity contribution in [2.45, 2.75) is 6.54 Å². The largest absolute Gasteiger partial charge is 0.314 e. The molecule has 2 aromatic heterocycles. The number of thiazole rings is 2. The van der Waals surface area contributed by atoms with Gasteiger partial charge in [0.05, 0.1) is 11.2 Å². The molecule has 2 rings (SSSR count). The molecule has 0 unspecified atom stereocenters. The molecule has 0 aliphatic carbocycles. The van der Waals surface area contributed by atoms with Gasteiger partial charge in [-0.25, -0.2) is 9.97 Å². The van der Waals surface area contributed by atoms with Crippen molar-refractivity contribution in [2.75, 3.05) is 7.05 Å². The van der Waals surface area contributed by atoms with E-state index in [-0.39, 0.29) is 0 Å². The molecular weight excluding hydrogens is 202 g/mol. The summed E-state index contributed by atoms with van der Waals surface area (Å²) in [5.41, 5.74) is 3.89. The summed E-state index contributed by atoms with van der Waals surface area (Å²) < 4.78 is 0. The van der Waals surface area contributed by atoms with E-state index in [1.54, 1.807) is 22.7 Å². The first-order valence-corrected chi connectivity index (χ1v) is 5.70. The van der Waals surface area contributed by atoms with Crippen LogP contribution in [0.1, 0.15) is 5.69 Å². The molecule has 0 aliphatic rings. The smallest absolute Gasteiger partial charge is 0.143 e. The van der Waals surface area contributed by atoms with Crippen LogP contribution in [0.3, 0.4) is 0 Å². The van der Waals surface area contributed by atoms with Gasteiger partial charge in [0.15, 0.2) is 0 Å². The van der Waals surface area contributed by atoms with Crippen LogP contribution in [0.4, 0.5) is 0 Å². The Bertz CT molecular complexity index is 366. The van der Waals surface area contributed by atoms with Crippen LogP contribution in [0.2, 0.25) is 0 Å². The molecule has 2 aromatic rings. The molecule has 0 saturated carbocycles. The number of hydrogen-bond acceptors (Lipinski definition) is 5. The van der Waals surface area contributed by atoms with Crippen LogP contribution in [0.5, 0.6) is 0 Å². The molecular formula is C8H9N3S2. The van der Waals surface area contributed by atoms with E-state index in [0.29, 0.717) is 0 Å². The molecule has 0 amide bonds. The Morgan fingerprint density at radius 2 is 2.38 bits per heavy atom. The van der Waals surface area contributed by atoms with Crippen molar-refractivity contribution in [3.8, 4) is 10.7 Å². The third-order valence-electron chi connectivity index (χ3n) is 1.56. The molecule has 68 valence electrons. The van der Waals surface area contributed by atoms with Gasteiger partial charge in [-0.15, -0.1) is 22.7 Å². The summed E-state index contributed by atoms with van der Waals surface area (Å²) in [6.45, 7) is 0.820. The lowest BCUT2D eigenvalue weighted by atomic mass is 10.5. The van der Waals surface area contributed by atoms with Crippen molar-refractivity contribution in [1.82, 2.24) is 15.3 Å². The highest BCUT2D eigenvalue weighted by Crippen LogP contribution is 2.22. The maximum Gasteiger partial charge on any atom is 0.143 e. The fourth-order valence-electron chi connectivity index (χ4n) is 1.01. The first-order chi connectivity index (χ1) is 6.40. The fraction of sp³-hybridized carbons (Fsp3) is 0.250. The number of rotatable bonds is 3. The zero-order valence-corrected chi connectivity index (χ0v) is 8.78. The van der Waals surface area contributed by atoms with Crippen LogP contribution < -0.4 is 5.32 Å². The van der Waals surface area contributed by atoms with Crippen molar-refractivity contribution < 1.29 is 0 Å². The summed E-state index contributed by atoms with van der Waals surface area (Å²) in [4.78, 5) is 8.65. The molecule has 0 bridgehead atoms. The highest BCUT2D eigenvalue weighted by molar-refractivity contribution is 7.13. The molecule has 0 aromatic carbocycles. The third kappa shape index (κ3) is 1.93. The first-order valence-electron chi connectivity index (χ1n) is 3.87. The Kier molecular flexibility index (Phi) is 2.68. The Labute approximate surface area is 84.5 Å². The molecule has 0 aliphatic heterocycles. The van der Waals surface area contributed by atoms with Gasteiger partial charge in [0.1, 0.15) is 10.7 Å². The number of nitrogens with zero attached hydrogens (tertiary/aromatic N) is 2. The van der Waals surface area contributed by atoms with Gasteiger partial charge >= 0.3 is 0 Å². The van der Waals surface area contributed by atoms with Crippen molar-refractivity contribution in [3.63, 3.8) is 0 Å². The van der Waals surface area contributed by atoms with E-state index >= 15 is 0 Å². The Morgan fingerprint density at radius 1 is 1.46 bits per heavy atom. The van der Waals surface area contributed by atoms with E-state index in [4.69, 9.17) is 0 Å². The molecule has 0 saturated heterocycles.